The molecule has 0 aliphatic carbocycles. The van der Waals surface area contributed by atoms with Crippen LogP contribution in [0.15, 0.2) is 65.2 Å². The molecule has 1 heterocycles. The van der Waals surface area contributed by atoms with E-state index in [9.17, 15) is 4.79 Å². The van der Waals surface area contributed by atoms with E-state index in [1.54, 1.807) is 43.5 Å². The first-order valence-corrected chi connectivity index (χ1v) is 8.86. The summed E-state index contributed by atoms with van der Waals surface area (Å²) in [5, 5.41) is 2.78. The van der Waals surface area contributed by atoms with Gasteiger partial charge in [0.2, 0.25) is 0 Å². The number of nitrogens with zero attached hydrogens (tertiary/aromatic N) is 2. The molecule has 0 unspecified atom stereocenters. The van der Waals surface area contributed by atoms with Crippen LogP contribution in [0.1, 0.15) is 28.4 Å². The molecule has 0 atom stereocenters. The predicted octanol–water partition coefficient (Wildman–Crippen LogP) is 2.18. The smallest absolute Gasteiger partial charge is 0.252 e. The maximum Gasteiger partial charge on any atom is 0.252 e. The van der Waals surface area contributed by atoms with Crippen molar-refractivity contribution in [1.29, 1.82) is 0 Å². The lowest BCUT2D eigenvalue weighted by Gasteiger charge is -2.11. The van der Waals surface area contributed by atoms with Gasteiger partial charge in [-0.05, 0) is 31.2 Å². The molecule has 1 amide bonds. The average Bonchev–Trinajstić information content (AvgIpc) is 2.67. The lowest BCUT2D eigenvalue weighted by Crippen LogP contribution is -2.19. The molecule has 29 heavy (non-hydrogen) atoms. The van der Waals surface area contributed by atoms with Crippen molar-refractivity contribution in [2.75, 3.05) is 12.8 Å². The van der Waals surface area contributed by atoms with Crippen LogP contribution in [0.5, 0.6) is 0 Å². The Morgan fingerprint density at radius 3 is 2.52 bits per heavy atom. The number of halogens is 1. The SMILES string of the molecule is C=C(N)N=C(/C(C#Cc1ccc(N)nc1)=C(/C)N)c1ccc(C(=O)NC)c(Cl)c1. The number of benzene rings is 1. The highest BCUT2D eigenvalue weighted by molar-refractivity contribution is 6.34. The highest BCUT2D eigenvalue weighted by Crippen LogP contribution is 2.21. The van der Waals surface area contributed by atoms with Gasteiger partial charge in [-0.3, -0.25) is 4.79 Å². The van der Waals surface area contributed by atoms with E-state index >= 15 is 0 Å². The van der Waals surface area contributed by atoms with Crippen molar-refractivity contribution in [3.8, 4) is 11.8 Å². The van der Waals surface area contributed by atoms with E-state index in [-0.39, 0.29) is 16.8 Å². The summed E-state index contributed by atoms with van der Waals surface area (Å²) in [5.41, 5.74) is 20.2. The summed E-state index contributed by atoms with van der Waals surface area (Å²) >= 11 is 6.28. The van der Waals surface area contributed by atoms with Gasteiger partial charge in [0, 0.05) is 30.1 Å². The summed E-state index contributed by atoms with van der Waals surface area (Å²) in [7, 11) is 1.53. The highest BCUT2D eigenvalue weighted by Gasteiger charge is 2.15. The zero-order valence-corrected chi connectivity index (χ0v) is 16.8. The number of nitrogens with two attached hydrogens (primary N) is 3. The molecule has 148 valence electrons. The first-order valence-electron chi connectivity index (χ1n) is 8.48. The van der Waals surface area contributed by atoms with Crippen molar-refractivity contribution in [2.45, 2.75) is 6.92 Å². The monoisotopic (exact) mass is 408 g/mol. The molecule has 0 fully saturated rings. The van der Waals surface area contributed by atoms with Crippen molar-refractivity contribution in [2.24, 2.45) is 16.5 Å². The number of carbonyl (C=O) groups excluding carboxylic acids is 1. The van der Waals surface area contributed by atoms with E-state index in [1.165, 1.54) is 7.05 Å². The molecule has 0 spiro atoms. The van der Waals surface area contributed by atoms with Crippen molar-refractivity contribution in [3.63, 3.8) is 0 Å². The van der Waals surface area contributed by atoms with Crippen LogP contribution in [0.4, 0.5) is 5.82 Å². The molecule has 0 aliphatic rings. The summed E-state index contributed by atoms with van der Waals surface area (Å²) in [6, 6.07) is 8.27. The summed E-state index contributed by atoms with van der Waals surface area (Å²) in [6.07, 6.45) is 1.56. The zero-order chi connectivity index (χ0) is 21.6. The number of nitrogens with one attached hydrogen (secondary N) is 1. The van der Waals surface area contributed by atoms with Crippen molar-refractivity contribution < 1.29 is 4.79 Å². The number of anilines is 1. The Morgan fingerprint density at radius 1 is 1.28 bits per heavy atom. The van der Waals surface area contributed by atoms with Crippen LogP contribution < -0.4 is 22.5 Å². The van der Waals surface area contributed by atoms with E-state index in [0.29, 0.717) is 39.5 Å². The minimum Gasteiger partial charge on any atom is -0.401 e. The quantitative estimate of drug-likeness (QED) is 0.454. The number of aromatic nitrogens is 1. The molecule has 0 saturated heterocycles. The minimum atomic E-state index is -0.301. The fourth-order valence-corrected chi connectivity index (χ4v) is 2.61. The van der Waals surface area contributed by atoms with Gasteiger partial charge in [-0.15, -0.1) is 0 Å². The molecular formula is C21H21ClN6O. The Morgan fingerprint density at radius 2 is 2.00 bits per heavy atom. The topological polar surface area (TPSA) is 132 Å². The lowest BCUT2D eigenvalue weighted by molar-refractivity contribution is 0.0963. The van der Waals surface area contributed by atoms with Crippen molar-refractivity contribution >= 4 is 29.0 Å². The number of carbonyl (C=O) groups is 1. The maximum absolute atomic E-state index is 11.9. The van der Waals surface area contributed by atoms with E-state index in [4.69, 9.17) is 28.8 Å². The van der Waals surface area contributed by atoms with Crippen LogP contribution >= 0.6 is 11.6 Å². The normalized spacial score (nSPS) is 11.8. The molecule has 7 N–H and O–H groups in total. The molecule has 0 aliphatic heterocycles. The second-order valence-corrected chi connectivity index (χ2v) is 6.41. The van der Waals surface area contributed by atoms with E-state index in [0.717, 1.165) is 0 Å². The van der Waals surface area contributed by atoms with E-state index in [2.05, 4.69) is 33.7 Å². The number of nitrogen functional groups attached to an aromatic ring is 1. The third-order valence-electron chi connectivity index (χ3n) is 3.72. The Bertz CT molecular complexity index is 1070. The molecule has 2 aromatic rings. The van der Waals surface area contributed by atoms with Gasteiger partial charge >= 0.3 is 0 Å². The molecular weight excluding hydrogens is 388 g/mol. The van der Waals surface area contributed by atoms with Gasteiger partial charge in [0.1, 0.15) is 11.6 Å². The van der Waals surface area contributed by atoms with E-state index < -0.39 is 0 Å². The summed E-state index contributed by atoms with van der Waals surface area (Å²) in [6.45, 7) is 5.32. The van der Waals surface area contributed by atoms with Crippen molar-refractivity contribution in [3.05, 3.63) is 81.9 Å². The molecule has 1 aromatic heterocycles. The summed E-state index contributed by atoms with van der Waals surface area (Å²) in [4.78, 5) is 20.2. The van der Waals surface area contributed by atoms with Crippen LogP contribution in [0.2, 0.25) is 5.02 Å². The molecule has 0 bridgehead atoms. The molecule has 7 nitrogen and oxygen atoms in total. The third kappa shape index (κ3) is 5.61. The van der Waals surface area contributed by atoms with Crippen molar-refractivity contribution in [1.82, 2.24) is 10.3 Å². The van der Waals surface area contributed by atoms with Gasteiger partial charge in [-0.25, -0.2) is 9.98 Å². The number of aliphatic imine (C=N–C) groups is 1. The Kier molecular flexibility index (Phi) is 7.01. The second kappa shape index (κ2) is 9.44. The molecule has 0 saturated carbocycles. The average molecular weight is 409 g/mol. The zero-order valence-electron chi connectivity index (χ0n) is 16.1. The van der Waals surface area contributed by atoms with Gasteiger partial charge in [-0.1, -0.05) is 36.1 Å². The Hall–Kier alpha value is -3.76. The van der Waals surface area contributed by atoms with Crippen LogP contribution in [0, 0.1) is 11.8 Å². The summed E-state index contributed by atoms with van der Waals surface area (Å²) in [5.74, 6) is 6.14. The van der Waals surface area contributed by atoms with Gasteiger partial charge in [0.15, 0.2) is 0 Å². The molecule has 8 heteroatoms. The highest BCUT2D eigenvalue weighted by atomic mass is 35.5. The van der Waals surface area contributed by atoms with E-state index in [1.807, 2.05) is 0 Å². The van der Waals surface area contributed by atoms with Crippen LogP contribution in [-0.2, 0) is 0 Å². The first kappa shape index (κ1) is 21.5. The van der Waals surface area contributed by atoms with Gasteiger partial charge in [0.25, 0.3) is 5.91 Å². The number of rotatable bonds is 4. The standard InChI is InChI=1S/C21H21ClN6O/c1-12(23)16(7-4-14-5-9-19(25)27-11-14)20(28-13(2)24)15-6-8-17(18(22)10-15)21(29)26-3/h5-6,8-11H,2,23-24H2,1,3H3,(H2,25,27)(H,26,29)/b16-12-,28-20?. The molecule has 0 radical (unpaired) electrons. The van der Waals surface area contributed by atoms with Gasteiger partial charge in [0.05, 0.1) is 21.9 Å². The minimum absolute atomic E-state index is 0.0706. The summed E-state index contributed by atoms with van der Waals surface area (Å²) < 4.78 is 0. The largest absolute Gasteiger partial charge is 0.401 e. The fourth-order valence-electron chi connectivity index (χ4n) is 2.35. The lowest BCUT2D eigenvalue weighted by atomic mass is 9.99. The second-order valence-electron chi connectivity index (χ2n) is 6.01. The predicted molar refractivity (Wildman–Crippen MR) is 117 cm³/mol. The third-order valence-corrected chi connectivity index (χ3v) is 4.03. The van der Waals surface area contributed by atoms with Crippen LogP contribution in [0.25, 0.3) is 0 Å². The number of allylic oxidation sites excluding steroid dienone is 2. The van der Waals surface area contributed by atoms with Crippen LogP contribution in [-0.4, -0.2) is 23.7 Å². The molecule has 1 aromatic carbocycles. The Balaban J connectivity index is 2.57. The number of hydrogen-bond donors (Lipinski definition) is 4. The number of hydrogen-bond acceptors (Lipinski definition) is 6. The molecule has 2 rings (SSSR count). The first-order chi connectivity index (χ1) is 13.7. The number of amides is 1. The van der Waals surface area contributed by atoms with Gasteiger partial charge < -0.3 is 22.5 Å². The van der Waals surface area contributed by atoms with Gasteiger partial charge in [-0.2, -0.15) is 0 Å². The maximum atomic E-state index is 11.9. The Labute approximate surface area is 174 Å². The fraction of sp³-hybridized carbons (Fsp3) is 0.0952. The van der Waals surface area contributed by atoms with Crippen LogP contribution in [0.3, 0.4) is 0 Å². The number of pyridine rings is 1.